The van der Waals surface area contributed by atoms with Crippen LogP contribution in [0.2, 0.25) is 0 Å². The van der Waals surface area contributed by atoms with E-state index in [1.54, 1.807) is 0 Å². The Morgan fingerprint density at radius 3 is 1.09 bits per heavy atom. The molecule has 0 saturated carbocycles. The summed E-state index contributed by atoms with van der Waals surface area (Å²) in [5.74, 6) is -6.21. The standard InChI is InChI=1S/C6H13NO2.C5H9NO4.C4H7NO4.C3H7NO2/c1-4(2)3-5(7)6(8)9;6-3(5(9)10)1-2-4(7)8;5-2(4(8)9)1-3(6)7;1-2(4)3(5)6/h4-5H,3,7H2,1-2H3,(H,8,9);3H,1-2,6H2,(H,7,8)(H,9,10);2H,1,5H2,(H,6,7)(H,8,9);2H,4H2,1H3,(H,5,6). The minimum atomic E-state index is -1.29. The highest BCUT2D eigenvalue weighted by molar-refractivity contribution is 5.80. The Morgan fingerprint density at radius 2 is 0.941 bits per heavy atom. The van der Waals surface area contributed by atoms with Gasteiger partial charge in [-0.05, 0) is 25.7 Å². The molecule has 0 bridgehead atoms. The topological polar surface area (TPSA) is 328 Å². The molecule has 16 heteroatoms. The fourth-order valence-electron chi connectivity index (χ4n) is 1.29. The maximum atomic E-state index is 10.1. The van der Waals surface area contributed by atoms with Gasteiger partial charge in [0.15, 0.2) is 0 Å². The summed E-state index contributed by atoms with van der Waals surface area (Å²) in [4.78, 5) is 59.2. The lowest BCUT2D eigenvalue weighted by Crippen LogP contribution is -2.32. The lowest BCUT2D eigenvalue weighted by molar-refractivity contribution is -0.144. The molecular weight excluding hydrogens is 464 g/mol. The van der Waals surface area contributed by atoms with E-state index in [4.69, 9.17) is 53.6 Å². The molecule has 4 unspecified atom stereocenters. The van der Waals surface area contributed by atoms with Crippen LogP contribution < -0.4 is 22.9 Å². The fourth-order valence-corrected chi connectivity index (χ4v) is 1.29. The van der Waals surface area contributed by atoms with Crippen LogP contribution in [0.4, 0.5) is 0 Å². The summed E-state index contributed by atoms with van der Waals surface area (Å²) in [5.41, 5.74) is 19.9. The summed E-state index contributed by atoms with van der Waals surface area (Å²) in [7, 11) is 0. The Labute approximate surface area is 195 Å². The number of hydrogen-bond acceptors (Lipinski definition) is 10. The van der Waals surface area contributed by atoms with E-state index in [1.165, 1.54) is 6.92 Å². The van der Waals surface area contributed by atoms with Gasteiger partial charge >= 0.3 is 35.8 Å². The second kappa shape index (κ2) is 21.5. The highest BCUT2D eigenvalue weighted by Crippen LogP contribution is 2.01. The van der Waals surface area contributed by atoms with E-state index in [9.17, 15) is 28.8 Å². The van der Waals surface area contributed by atoms with Gasteiger partial charge in [0.25, 0.3) is 0 Å². The van der Waals surface area contributed by atoms with Crippen molar-refractivity contribution in [2.24, 2.45) is 28.9 Å². The molecule has 16 nitrogen and oxygen atoms in total. The Morgan fingerprint density at radius 1 is 0.588 bits per heavy atom. The van der Waals surface area contributed by atoms with Gasteiger partial charge < -0.3 is 53.6 Å². The Bertz CT molecular complexity index is 655. The van der Waals surface area contributed by atoms with Crippen molar-refractivity contribution in [1.82, 2.24) is 0 Å². The van der Waals surface area contributed by atoms with Crippen molar-refractivity contribution in [1.29, 1.82) is 0 Å². The average molecular weight is 501 g/mol. The van der Waals surface area contributed by atoms with E-state index >= 15 is 0 Å². The maximum absolute atomic E-state index is 10.1. The molecule has 0 saturated heterocycles. The molecule has 0 heterocycles. The minimum absolute atomic E-state index is 0.0231. The van der Waals surface area contributed by atoms with Crippen molar-refractivity contribution < 1.29 is 59.4 Å². The summed E-state index contributed by atoms with van der Waals surface area (Å²) in [6.07, 6.45) is -0.206. The Hall–Kier alpha value is -3.34. The van der Waals surface area contributed by atoms with Crippen molar-refractivity contribution in [2.75, 3.05) is 0 Å². The molecule has 0 spiro atoms. The first-order chi connectivity index (χ1) is 15.3. The first-order valence-electron chi connectivity index (χ1n) is 9.63. The van der Waals surface area contributed by atoms with Crippen LogP contribution in [-0.2, 0) is 28.8 Å². The second-order valence-corrected chi connectivity index (χ2v) is 7.12. The molecule has 0 amide bonds. The van der Waals surface area contributed by atoms with E-state index in [2.05, 4.69) is 0 Å². The van der Waals surface area contributed by atoms with Crippen molar-refractivity contribution >= 4 is 35.8 Å². The molecule has 0 aromatic heterocycles. The minimum Gasteiger partial charge on any atom is -0.481 e. The van der Waals surface area contributed by atoms with Crippen molar-refractivity contribution in [3.8, 4) is 0 Å². The highest BCUT2D eigenvalue weighted by atomic mass is 16.4. The molecule has 200 valence electrons. The third-order valence-corrected chi connectivity index (χ3v) is 3.13. The number of rotatable bonds is 11. The van der Waals surface area contributed by atoms with E-state index in [0.29, 0.717) is 12.3 Å². The van der Waals surface area contributed by atoms with E-state index < -0.39 is 66.4 Å². The van der Waals surface area contributed by atoms with Crippen molar-refractivity contribution in [2.45, 2.75) is 70.6 Å². The van der Waals surface area contributed by atoms with Gasteiger partial charge in [0, 0.05) is 6.42 Å². The second-order valence-electron chi connectivity index (χ2n) is 7.12. The molecule has 0 aliphatic heterocycles. The number of hydrogen-bond donors (Lipinski definition) is 10. The molecule has 34 heavy (non-hydrogen) atoms. The van der Waals surface area contributed by atoms with Crippen LogP contribution in [0.5, 0.6) is 0 Å². The molecule has 0 aliphatic rings. The van der Waals surface area contributed by atoms with Crippen LogP contribution in [0.1, 0.15) is 46.5 Å². The third-order valence-electron chi connectivity index (χ3n) is 3.13. The maximum Gasteiger partial charge on any atom is 0.321 e. The van der Waals surface area contributed by atoms with Crippen LogP contribution in [0.25, 0.3) is 0 Å². The molecule has 0 fully saturated rings. The van der Waals surface area contributed by atoms with Crippen molar-refractivity contribution in [3.05, 3.63) is 0 Å². The molecule has 0 aromatic carbocycles. The number of carbonyl (C=O) groups is 6. The predicted octanol–water partition coefficient (Wildman–Crippen LogP) is -2.00. The third kappa shape index (κ3) is 33.3. The molecule has 14 N–H and O–H groups in total. The number of carboxylic acids is 6. The summed E-state index contributed by atoms with van der Waals surface area (Å²) in [6.45, 7) is 5.31. The molecule has 0 aliphatic carbocycles. The van der Waals surface area contributed by atoms with Crippen LogP contribution in [0, 0.1) is 5.92 Å². The largest absolute Gasteiger partial charge is 0.481 e. The Kier molecular flexibility index (Phi) is 24.0. The van der Waals surface area contributed by atoms with Crippen LogP contribution >= 0.6 is 0 Å². The quantitative estimate of drug-likeness (QED) is 0.146. The predicted molar refractivity (Wildman–Crippen MR) is 117 cm³/mol. The number of nitrogens with two attached hydrogens (primary N) is 4. The molecule has 4 atom stereocenters. The van der Waals surface area contributed by atoms with E-state index in [1.807, 2.05) is 13.8 Å². The van der Waals surface area contributed by atoms with Gasteiger partial charge in [0.1, 0.15) is 24.2 Å². The first kappa shape index (κ1) is 37.9. The fraction of sp³-hybridized carbons (Fsp3) is 0.667. The SMILES string of the molecule is CC(C)CC(N)C(=O)O.CC(N)C(=O)O.NC(CC(=O)O)C(=O)O.NC(CCC(=O)O)C(=O)O. The van der Waals surface area contributed by atoms with Crippen LogP contribution in [0.3, 0.4) is 0 Å². The highest BCUT2D eigenvalue weighted by Gasteiger charge is 2.14. The molecular formula is C18H36N4O12. The van der Waals surface area contributed by atoms with Gasteiger partial charge in [-0.15, -0.1) is 0 Å². The monoisotopic (exact) mass is 500 g/mol. The summed E-state index contributed by atoms with van der Waals surface area (Å²) in [6, 6.07) is -3.77. The number of carboxylic acid groups (broad SMARTS) is 6. The summed E-state index contributed by atoms with van der Waals surface area (Å²) in [5, 5.41) is 48.5. The summed E-state index contributed by atoms with van der Waals surface area (Å²) < 4.78 is 0. The van der Waals surface area contributed by atoms with Gasteiger partial charge in [-0.25, -0.2) is 0 Å². The normalized spacial score (nSPS) is 13.1. The van der Waals surface area contributed by atoms with Crippen LogP contribution in [-0.4, -0.2) is 90.6 Å². The summed E-state index contributed by atoms with van der Waals surface area (Å²) >= 11 is 0. The average Bonchev–Trinajstić information content (AvgIpc) is 2.66. The lowest BCUT2D eigenvalue weighted by Gasteiger charge is -2.07. The number of aliphatic carboxylic acids is 6. The van der Waals surface area contributed by atoms with Gasteiger partial charge in [-0.2, -0.15) is 0 Å². The zero-order valence-electron chi connectivity index (χ0n) is 19.2. The first-order valence-corrected chi connectivity index (χ1v) is 9.63. The molecule has 0 radical (unpaired) electrons. The van der Waals surface area contributed by atoms with Gasteiger partial charge in [0.2, 0.25) is 0 Å². The van der Waals surface area contributed by atoms with Crippen LogP contribution in [0.15, 0.2) is 0 Å². The molecule has 0 rings (SSSR count). The van der Waals surface area contributed by atoms with E-state index in [-0.39, 0.29) is 12.8 Å². The zero-order valence-corrected chi connectivity index (χ0v) is 19.2. The van der Waals surface area contributed by atoms with Gasteiger partial charge in [-0.3, -0.25) is 28.8 Å². The van der Waals surface area contributed by atoms with Crippen molar-refractivity contribution in [3.63, 3.8) is 0 Å². The molecule has 0 aromatic rings. The van der Waals surface area contributed by atoms with E-state index in [0.717, 1.165) is 0 Å². The van der Waals surface area contributed by atoms with Gasteiger partial charge in [-0.1, -0.05) is 13.8 Å². The van der Waals surface area contributed by atoms with Gasteiger partial charge in [0.05, 0.1) is 6.42 Å². The lowest BCUT2D eigenvalue weighted by atomic mass is 10.1. The zero-order chi connectivity index (χ0) is 28.2. The smallest absolute Gasteiger partial charge is 0.321 e. The Balaban J connectivity index is -0.000000179.